The van der Waals surface area contributed by atoms with Crippen LogP contribution in [0.3, 0.4) is 0 Å². The molecule has 0 saturated carbocycles. The molecule has 94 valence electrons. The summed E-state index contributed by atoms with van der Waals surface area (Å²) in [5, 5.41) is 7.20. The minimum Gasteiger partial charge on any atom is -0.373 e. The van der Waals surface area contributed by atoms with Gasteiger partial charge in [-0.15, -0.1) is 0 Å². The summed E-state index contributed by atoms with van der Waals surface area (Å²) in [6, 6.07) is 5.39. The van der Waals surface area contributed by atoms with Crippen LogP contribution in [-0.2, 0) is 0 Å². The minimum atomic E-state index is -0.114. The number of aromatic nitrogens is 3. The van der Waals surface area contributed by atoms with Gasteiger partial charge in [-0.1, -0.05) is 0 Å². The summed E-state index contributed by atoms with van der Waals surface area (Å²) < 4.78 is 1.65. The Balaban J connectivity index is 2.32. The Morgan fingerprint density at radius 3 is 2.83 bits per heavy atom. The van der Waals surface area contributed by atoms with E-state index in [4.69, 9.17) is 0 Å². The maximum Gasteiger partial charge on any atom is 0.273 e. The Kier molecular flexibility index (Phi) is 3.27. The van der Waals surface area contributed by atoms with Crippen LogP contribution < -0.4 is 5.32 Å². The van der Waals surface area contributed by atoms with Crippen LogP contribution in [0.25, 0.3) is 5.69 Å². The molecule has 0 bridgehead atoms. The highest BCUT2D eigenvalue weighted by atomic mass is 16.2. The van der Waals surface area contributed by atoms with E-state index in [0.29, 0.717) is 5.69 Å². The van der Waals surface area contributed by atoms with Crippen molar-refractivity contribution in [2.24, 2.45) is 0 Å². The van der Waals surface area contributed by atoms with Gasteiger partial charge in [-0.3, -0.25) is 4.79 Å². The number of hydrogen-bond acceptors (Lipinski definition) is 4. The first-order valence-corrected chi connectivity index (χ1v) is 5.53. The molecule has 0 aliphatic heterocycles. The van der Waals surface area contributed by atoms with Crippen molar-refractivity contribution < 1.29 is 4.79 Å². The first kappa shape index (κ1) is 12.1. The van der Waals surface area contributed by atoms with Gasteiger partial charge in [0.05, 0.1) is 5.69 Å². The first-order valence-electron chi connectivity index (χ1n) is 5.53. The lowest BCUT2D eigenvalue weighted by Gasteiger charge is -2.07. The molecule has 0 spiro atoms. The van der Waals surface area contributed by atoms with Crippen molar-refractivity contribution in [1.29, 1.82) is 0 Å². The maximum absolute atomic E-state index is 11.7. The second-order valence-corrected chi connectivity index (χ2v) is 3.99. The molecule has 1 amide bonds. The van der Waals surface area contributed by atoms with Gasteiger partial charge in [0.2, 0.25) is 0 Å². The fourth-order valence-corrected chi connectivity index (χ4v) is 1.51. The van der Waals surface area contributed by atoms with Crippen LogP contribution in [0.2, 0.25) is 0 Å². The average Bonchev–Trinajstić information content (AvgIpc) is 2.87. The summed E-state index contributed by atoms with van der Waals surface area (Å²) in [7, 11) is 5.20. The zero-order valence-electron chi connectivity index (χ0n) is 10.6. The molecule has 0 aliphatic rings. The number of anilines is 1. The number of pyridine rings is 1. The Morgan fingerprint density at radius 1 is 1.39 bits per heavy atom. The Labute approximate surface area is 105 Å². The summed E-state index contributed by atoms with van der Waals surface area (Å²) in [4.78, 5) is 17.4. The summed E-state index contributed by atoms with van der Waals surface area (Å²) in [6.07, 6.45) is 3.45. The van der Waals surface area contributed by atoms with Crippen molar-refractivity contribution in [2.45, 2.75) is 0 Å². The molecule has 6 nitrogen and oxygen atoms in total. The predicted octanol–water partition coefficient (Wildman–Crippen LogP) is 1.01. The molecule has 2 aromatic rings. The van der Waals surface area contributed by atoms with Crippen molar-refractivity contribution >= 4 is 11.7 Å². The number of rotatable bonds is 3. The van der Waals surface area contributed by atoms with Gasteiger partial charge >= 0.3 is 0 Å². The maximum atomic E-state index is 11.7. The number of carbonyl (C=O) groups excluding carboxylic acids is 1. The van der Waals surface area contributed by atoms with E-state index in [-0.39, 0.29) is 5.91 Å². The highest BCUT2D eigenvalue weighted by Crippen LogP contribution is 2.11. The molecule has 1 N–H and O–H groups in total. The average molecular weight is 245 g/mol. The Bertz CT molecular complexity index is 561. The largest absolute Gasteiger partial charge is 0.373 e. The fourth-order valence-electron chi connectivity index (χ4n) is 1.51. The van der Waals surface area contributed by atoms with Crippen LogP contribution in [-0.4, -0.2) is 46.7 Å². The smallest absolute Gasteiger partial charge is 0.273 e. The fraction of sp³-hybridized carbons (Fsp3) is 0.250. The molecule has 0 saturated heterocycles. The highest BCUT2D eigenvalue weighted by Gasteiger charge is 2.11. The lowest BCUT2D eigenvalue weighted by atomic mass is 10.4. The van der Waals surface area contributed by atoms with Crippen molar-refractivity contribution in [3.8, 4) is 5.69 Å². The summed E-state index contributed by atoms with van der Waals surface area (Å²) in [5.41, 5.74) is 1.27. The SMILES string of the molecule is CNc1cc(-n2ccc(C(=O)N(C)C)n2)ccn1. The Hall–Kier alpha value is -2.37. The second-order valence-electron chi connectivity index (χ2n) is 3.99. The topological polar surface area (TPSA) is 63.1 Å². The molecule has 2 heterocycles. The van der Waals surface area contributed by atoms with Gasteiger partial charge in [0.25, 0.3) is 5.91 Å². The third-order valence-corrected chi connectivity index (χ3v) is 2.48. The quantitative estimate of drug-likeness (QED) is 0.876. The predicted molar refractivity (Wildman–Crippen MR) is 68.9 cm³/mol. The van der Waals surface area contributed by atoms with Crippen LogP contribution in [0.4, 0.5) is 5.82 Å². The van der Waals surface area contributed by atoms with Crippen molar-refractivity contribution in [2.75, 3.05) is 26.5 Å². The number of amides is 1. The van der Waals surface area contributed by atoms with Gasteiger partial charge in [0, 0.05) is 39.6 Å². The van der Waals surface area contributed by atoms with Crippen LogP contribution in [0.5, 0.6) is 0 Å². The molecule has 0 unspecified atom stereocenters. The molecule has 2 rings (SSSR count). The number of carbonyl (C=O) groups is 1. The molecule has 0 aromatic carbocycles. The van der Waals surface area contributed by atoms with Gasteiger partial charge in [-0.2, -0.15) is 5.10 Å². The zero-order chi connectivity index (χ0) is 13.1. The molecular weight excluding hydrogens is 230 g/mol. The molecule has 0 fully saturated rings. The van der Waals surface area contributed by atoms with Crippen LogP contribution >= 0.6 is 0 Å². The van der Waals surface area contributed by atoms with Crippen molar-refractivity contribution in [3.05, 3.63) is 36.3 Å². The highest BCUT2D eigenvalue weighted by molar-refractivity contribution is 5.91. The first-order chi connectivity index (χ1) is 8.61. The second kappa shape index (κ2) is 4.87. The zero-order valence-corrected chi connectivity index (χ0v) is 10.6. The minimum absolute atomic E-state index is 0.114. The van der Waals surface area contributed by atoms with Crippen molar-refractivity contribution in [3.63, 3.8) is 0 Å². The van der Waals surface area contributed by atoms with Gasteiger partial charge in [0.15, 0.2) is 5.69 Å². The van der Waals surface area contributed by atoms with E-state index < -0.39 is 0 Å². The molecule has 2 aromatic heterocycles. The van der Waals surface area contributed by atoms with Gasteiger partial charge in [0.1, 0.15) is 5.82 Å². The molecular formula is C12H15N5O. The van der Waals surface area contributed by atoms with Gasteiger partial charge in [-0.05, 0) is 12.1 Å². The third-order valence-electron chi connectivity index (χ3n) is 2.48. The summed E-state index contributed by atoms with van der Waals surface area (Å²) in [5.74, 6) is 0.639. The van der Waals surface area contributed by atoms with E-state index in [1.54, 1.807) is 44.3 Å². The number of hydrogen-bond donors (Lipinski definition) is 1. The summed E-state index contributed by atoms with van der Waals surface area (Å²) in [6.45, 7) is 0. The van der Waals surface area contributed by atoms with E-state index in [0.717, 1.165) is 11.5 Å². The molecule has 6 heteroatoms. The normalized spacial score (nSPS) is 10.2. The number of nitrogens with one attached hydrogen (secondary N) is 1. The summed E-state index contributed by atoms with van der Waals surface area (Å²) >= 11 is 0. The molecule has 0 aliphatic carbocycles. The van der Waals surface area contributed by atoms with Gasteiger partial charge < -0.3 is 10.2 Å². The lowest BCUT2D eigenvalue weighted by Crippen LogP contribution is -2.22. The molecule has 18 heavy (non-hydrogen) atoms. The molecule has 0 atom stereocenters. The van der Waals surface area contributed by atoms with Crippen LogP contribution in [0.15, 0.2) is 30.6 Å². The van der Waals surface area contributed by atoms with Crippen molar-refractivity contribution in [1.82, 2.24) is 19.7 Å². The van der Waals surface area contributed by atoms with E-state index in [9.17, 15) is 4.79 Å². The molecule has 0 radical (unpaired) electrons. The van der Waals surface area contributed by atoms with E-state index in [1.807, 2.05) is 12.1 Å². The lowest BCUT2D eigenvalue weighted by molar-refractivity contribution is 0.0821. The van der Waals surface area contributed by atoms with Crippen LogP contribution in [0.1, 0.15) is 10.5 Å². The van der Waals surface area contributed by atoms with E-state index in [1.165, 1.54) is 4.90 Å². The Morgan fingerprint density at radius 2 is 2.17 bits per heavy atom. The van der Waals surface area contributed by atoms with Crippen LogP contribution in [0, 0.1) is 0 Å². The van der Waals surface area contributed by atoms with Gasteiger partial charge in [-0.25, -0.2) is 9.67 Å². The standard InChI is InChI=1S/C12H15N5O/c1-13-11-8-9(4-6-14-11)17-7-5-10(15-17)12(18)16(2)3/h4-8H,1-3H3,(H,13,14). The third kappa shape index (κ3) is 2.32. The van der Waals surface area contributed by atoms with E-state index >= 15 is 0 Å². The van der Waals surface area contributed by atoms with E-state index in [2.05, 4.69) is 15.4 Å². The monoisotopic (exact) mass is 245 g/mol. The number of nitrogens with zero attached hydrogens (tertiary/aromatic N) is 4.